The fourth-order valence-corrected chi connectivity index (χ4v) is 3.08. The van der Waals surface area contributed by atoms with Crippen LogP contribution in [-0.4, -0.2) is 17.3 Å². The van der Waals surface area contributed by atoms with Gasteiger partial charge in [-0.05, 0) is 44.9 Å². The highest BCUT2D eigenvalue weighted by Gasteiger charge is 2.43. The van der Waals surface area contributed by atoms with Crippen LogP contribution in [0.3, 0.4) is 0 Å². The Balaban J connectivity index is 1.86. The molecule has 0 heterocycles. The van der Waals surface area contributed by atoms with Crippen molar-refractivity contribution in [3.8, 4) is 0 Å². The van der Waals surface area contributed by atoms with Crippen LogP contribution in [0.2, 0.25) is 0 Å². The van der Waals surface area contributed by atoms with Crippen LogP contribution < -0.4 is 5.32 Å². The summed E-state index contributed by atoms with van der Waals surface area (Å²) in [7, 11) is 0. The summed E-state index contributed by atoms with van der Waals surface area (Å²) in [6, 6.07) is 0.0818. The molecule has 2 fully saturated rings. The van der Waals surface area contributed by atoms with E-state index in [1.165, 1.54) is 19.3 Å². The fourth-order valence-electron chi connectivity index (χ4n) is 3.01. The van der Waals surface area contributed by atoms with E-state index in [9.17, 15) is 4.79 Å². The van der Waals surface area contributed by atoms with Crippen LogP contribution in [-0.2, 0) is 4.79 Å². The van der Waals surface area contributed by atoms with Gasteiger partial charge < -0.3 is 5.32 Å². The van der Waals surface area contributed by atoms with E-state index in [-0.39, 0.29) is 23.2 Å². The molecule has 0 aliphatic heterocycles. The van der Waals surface area contributed by atoms with Crippen molar-refractivity contribution in [3.63, 3.8) is 0 Å². The Morgan fingerprint density at radius 1 is 1.33 bits per heavy atom. The lowest BCUT2D eigenvalue weighted by atomic mass is 9.88. The van der Waals surface area contributed by atoms with E-state index >= 15 is 0 Å². The Morgan fingerprint density at radius 2 is 2.07 bits per heavy atom. The van der Waals surface area contributed by atoms with E-state index in [0.717, 1.165) is 12.3 Å². The molecule has 2 aliphatic carbocycles. The molecule has 15 heavy (non-hydrogen) atoms. The van der Waals surface area contributed by atoms with Gasteiger partial charge in [0.05, 0.1) is 5.38 Å². The molecule has 3 heteroatoms. The van der Waals surface area contributed by atoms with E-state index in [0.29, 0.717) is 5.92 Å². The van der Waals surface area contributed by atoms with Gasteiger partial charge in [0.2, 0.25) is 5.91 Å². The molecular weight excluding hydrogens is 210 g/mol. The first-order chi connectivity index (χ1) is 7.08. The predicted octanol–water partition coefficient (Wildman–Crippen LogP) is 2.55. The summed E-state index contributed by atoms with van der Waals surface area (Å²) in [4.78, 5) is 12.0. The van der Waals surface area contributed by atoms with Crippen LogP contribution in [0.4, 0.5) is 0 Å². The van der Waals surface area contributed by atoms with Crippen LogP contribution in [0.1, 0.15) is 39.5 Å². The van der Waals surface area contributed by atoms with Crippen LogP contribution in [0.5, 0.6) is 0 Å². The van der Waals surface area contributed by atoms with E-state index in [1.54, 1.807) is 0 Å². The van der Waals surface area contributed by atoms with Crippen molar-refractivity contribution in [3.05, 3.63) is 0 Å². The number of rotatable bonds is 3. The first kappa shape index (κ1) is 11.3. The third-order valence-electron chi connectivity index (χ3n) is 4.13. The molecule has 0 saturated heterocycles. The van der Waals surface area contributed by atoms with Gasteiger partial charge in [-0.25, -0.2) is 0 Å². The number of carbonyl (C=O) groups is 1. The van der Waals surface area contributed by atoms with Crippen LogP contribution >= 0.6 is 11.6 Å². The minimum atomic E-state index is 0.00698. The summed E-state index contributed by atoms with van der Waals surface area (Å²) >= 11 is 5.94. The summed E-state index contributed by atoms with van der Waals surface area (Å²) < 4.78 is 0. The zero-order chi connectivity index (χ0) is 11.0. The average Bonchev–Trinajstić information content (AvgIpc) is 2.78. The number of halogens is 1. The summed E-state index contributed by atoms with van der Waals surface area (Å²) in [6.07, 6.45) is 4.99. The normalized spacial score (nSPS) is 37.7. The zero-order valence-corrected chi connectivity index (χ0v) is 10.3. The standard InChI is InChI=1S/C12H20ClNO/c1-7(13)8(2)14-12(15)11-6-9-3-4-10(11)5-9/h7-11H,3-6H2,1-2H3,(H,14,15). The second-order valence-electron chi connectivity index (χ2n) is 5.26. The monoisotopic (exact) mass is 229 g/mol. The minimum absolute atomic E-state index is 0.00698. The molecule has 2 saturated carbocycles. The Labute approximate surface area is 96.8 Å². The summed E-state index contributed by atoms with van der Waals surface area (Å²) in [6.45, 7) is 3.90. The fraction of sp³-hybridized carbons (Fsp3) is 0.917. The number of hydrogen-bond donors (Lipinski definition) is 1. The summed E-state index contributed by atoms with van der Waals surface area (Å²) in [5.74, 6) is 2.01. The van der Waals surface area contributed by atoms with Gasteiger partial charge in [0.25, 0.3) is 0 Å². The number of carbonyl (C=O) groups excluding carboxylic acids is 1. The Kier molecular flexibility index (Phi) is 3.24. The Morgan fingerprint density at radius 3 is 2.53 bits per heavy atom. The first-order valence-corrected chi connectivity index (χ1v) is 6.46. The van der Waals surface area contributed by atoms with E-state index in [1.807, 2.05) is 13.8 Å². The Bertz CT molecular complexity index is 254. The number of fused-ring (bicyclic) bond motifs is 2. The largest absolute Gasteiger partial charge is 0.352 e. The molecule has 1 N–H and O–H groups in total. The van der Waals surface area contributed by atoms with E-state index in [2.05, 4.69) is 5.32 Å². The minimum Gasteiger partial charge on any atom is -0.352 e. The maximum absolute atomic E-state index is 12.0. The molecule has 5 atom stereocenters. The molecule has 0 aromatic heterocycles. The highest BCUT2D eigenvalue weighted by Crippen LogP contribution is 2.48. The quantitative estimate of drug-likeness (QED) is 0.741. The molecule has 2 rings (SSSR count). The van der Waals surface area contributed by atoms with Gasteiger partial charge in [-0.3, -0.25) is 4.79 Å². The molecule has 2 aliphatic rings. The van der Waals surface area contributed by atoms with Crippen molar-refractivity contribution in [2.45, 2.75) is 50.9 Å². The van der Waals surface area contributed by atoms with Gasteiger partial charge >= 0.3 is 0 Å². The highest BCUT2D eigenvalue weighted by molar-refractivity contribution is 6.20. The molecule has 0 radical (unpaired) electrons. The van der Waals surface area contributed by atoms with Gasteiger partial charge in [0.15, 0.2) is 0 Å². The average molecular weight is 230 g/mol. The second-order valence-corrected chi connectivity index (χ2v) is 5.94. The van der Waals surface area contributed by atoms with Gasteiger partial charge in [0.1, 0.15) is 0 Å². The lowest BCUT2D eigenvalue weighted by Crippen LogP contribution is -2.42. The predicted molar refractivity (Wildman–Crippen MR) is 61.9 cm³/mol. The first-order valence-electron chi connectivity index (χ1n) is 6.02. The van der Waals surface area contributed by atoms with E-state index in [4.69, 9.17) is 11.6 Å². The van der Waals surface area contributed by atoms with Crippen molar-refractivity contribution < 1.29 is 4.79 Å². The zero-order valence-electron chi connectivity index (χ0n) is 9.50. The molecule has 5 unspecified atom stereocenters. The lowest BCUT2D eigenvalue weighted by molar-refractivity contribution is -0.127. The van der Waals surface area contributed by atoms with Gasteiger partial charge in [-0.1, -0.05) is 6.42 Å². The second kappa shape index (κ2) is 4.32. The topological polar surface area (TPSA) is 29.1 Å². The van der Waals surface area contributed by atoms with Crippen molar-refractivity contribution >= 4 is 17.5 Å². The van der Waals surface area contributed by atoms with E-state index < -0.39 is 0 Å². The van der Waals surface area contributed by atoms with Crippen molar-refractivity contribution in [2.75, 3.05) is 0 Å². The lowest BCUT2D eigenvalue weighted by Gasteiger charge is -2.24. The molecule has 1 amide bonds. The highest BCUT2D eigenvalue weighted by atomic mass is 35.5. The maximum atomic E-state index is 12.0. The molecule has 2 bridgehead atoms. The molecule has 86 valence electrons. The van der Waals surface area contributed by atoms with Gasteiger partial charge in [-0.15, -0.1) is 11.6 Å². The summed E-state index contributed by atoms with van der Waals surface area (Å²) in [5, 5.41) is 3.04. The number of nitrogens with one attached hydrogen (secondary N) is 1. The maximum Gasteiger partial charge on any atom is 0.223 e. The third-order valence-corrected chi connectivity index (χ3v) is 4.51. The molecular formula is C12H20ClNO. The van der Waals surface area contributed by atoms with Crippen LogP contribution in [0.15, 0.2) is 0 Å². The van der Waals surface area contributed by atoms with Crippen molar-refractivity contribution in [1.82, 2.24) is 5.32 Å². The van der Waals surface area contributed by atoms with Crippen molar-refractivity contribution in [2.24, 2.45) is 17.8 Å². The van der Waals surface area contributed by atoms with Crippen molar-refractivity contribution in [1.29, 1.82) is 0 Å². The summed E-state index contributed by atoms with van der Waals surface area (Å²) in [5.41, 5.74) is 0. The Hall–Kier alpha value is -0.240. The molecule has 0 spiro atoms. The number of alkyl halides is 1. The molecule has 2 nitrogen and oxygen atoms in total. The SMILES string of the molecule is CC(Cl)C(C)NC(=O)C1CC2CCC1C2. The molecule has 0 aromatic carbocycles. The number of hydrogen-bond acceptors (Lipinski definition) is 1. The number of amides is 1. The van der Waals surface area contributed by atoms with Gasteiger partial charge in [0, 0.05) is 12.0 Å². The smallest absolute Gasteiger partial charge is 0.223 e. The van der Waals surface area contributed by atoms with Gasteiger partial charge in [-0.2, -0.15) is 0 Å². The third kappa shape index (κ3) is 2.30. The molecule has 0 aromatic rings. The van der Waals surface area contributed by atoms with Crippen LogP contribution in [0, 0.1) is 17.8 Å². The van der Waals surface area contributed by atoms with Crippen LogP contribution in [0.25, 0.3) is 0 Å².